The first kappa shape index (κ1) is 20.2. The van der Waals surface area contributed by atoms with Gasteiger partial charge in [-0.25, -0.2) is 4.39 Å². The maximum atomic E-state index is 13.4. The molecule has 0 saturated carbocycles. The van der Waals surface area contributed by atoms with E-state index in [1.165, 1.54) is 23.6 Å². The summed E-state index contributed by atoms with van der Waals surface area (Å²) in [6.07, 6.45) is 5.31. The molecule has 0 aliphatic carbocycles. The molecule has 1 aromatic heterocycles. The highest BCUT2D eigenvalue weighted by atomic mass is 35.5. The van der Waals surface area contributed by atoms with E-state index < -0.39 is 23.4 Å². The average molecular weight is 390 g/mol. The Kier molecular flexibility index (Phi) is 5.72. The third-order valence-electron chi connectivity index (χ3n) is 4.29. The molecule has 0 spiro atoms. The number of amides is 2. The number of anilines is 1. The fourth-order valence-electron chi connectivity index (χ4n) is 2.92. The van der Waals surface area contributed by atoms with Gasteiger partial charge < -0.3 is 10.3 Å². The van der Waals surface area contributed by atoms with Crippen LogP contribution in [-0.2, 0) is 11.8 Å². The van der Waals surface area contributed by atoms with E-state index in [4.69, 9.17) is 23.8 Å². The molecule has 1 aromatic carbocycles. The summed E-state index contributed by atoms with van der Waals surface area (Å²) < 4.78 is 14.9. The van der Waals surface area contributed by atoms with Crippen molar-refractivity contribution in [1.29, 1.82) is 0 Å². The van der Waals surface area contributed by atoms with Crippen molar-refractivity contribution in [2.45, 2.75) is 13.8 Å². The van der Waals surface area contributed by atoms with E-state index in [1.54, 1.807) is 14.0 Å². The molecular formula is C19H17ClFN3O3. The maximum Gasteiger partial charge on any atom is 0.300 e. The molecule has 6 nitrogen and oxygen atoms in total. The highest BCUT2D eigenvalue weighted by molar-refractivity contribution is 6.48. The van der Waals surface area contributed by atoms with Gasteiger partial charge in [-0.15, -0.1) is 6.42 Å². The second-order valence-corrected chi connectivity index (χ2v) is 6.29. The Balaban J connectivity index is 2.53. The van der Waals surface area contributed by atoms with E-state index >= 15 is 0 Å². The molecule has 2 amide bonds. The number of hydrogen-bond donors (Lipinski definition) is 1. The monoisotopic (exact) mass is 389 g/mol. The zero-order valence-corrected chi connectivity index (χ0v) is 15.7. The first-order chi connectivity index (χ1) is 12.6. The molecule has 2 rings (SSSR count). The lowest BCUT2D eigenvalue weighted by molar-refractivity contribution is -0.114. The predicted molar refractivity (Wildman–Crippen MR) is 100 cm³/mol. The number of Topliss-reactive ketones (excluding diaryl/α,β-unsaturated/α-hetero) is 1. The summed E-state index contributed by atoms with van der Waals surface area (Å²) in [4.78, 5) is 38.4. The van der Waals surface area contributed by atoms with E-state index in [-0.39, 0.29) is 28.5 Å². The largest absolute Gasteiger partial charge is 0.364 e. The van der Waals surface area contributed by atoms with Crippen LogP contribution in [0.3, 0.4) is 0 Å². The van der Waals surface area contributed by atoms with Gasteiger partial charge in [0.2, 0.25) is 0 Å². The molecular weight excluding hydrogens is 373 g/mol. The molecule has 8 heteroatoms. The molecule has 0 atom stereocenters. The zero-order chi connectivity index (χ0) is 20.5. The Bertz CT molecular complexity index is 1000. The van der Waals surface area contributed by atoms with E-state index in [0.717, 1.165) is 11.0 Å². The van der Waals surface area contributed by atoms with E-state index in [9.17, 15) is 18.8 Å². The van der Waals surface area contributed by atoms with Crippen molar-refractivity contribution < 1.29 is 18.8 Å². The van der Waals surface area contributed by atoms with Crippen molar-refractivity contribution in [2.75, 3.05) is 11.4 Å². The van der Waals surface area contributed by atoms with Crippen molar-refractivity contribution in [2.24, 2.45) is 12.8 Å². The van der Waals surface area contributed by atoms with E-state index in [1.807, 2.05) is 0 Å². The van der Waals surface area contributed by atoms with Crippen LogP contribution in [0, 0.1) is 32.0 Å². The van der Waals surface area contributed by atoms with Gasteiger partial charge in [0, 0.05) is 18.4 Å². The molecule has 0 unspecified atom stereocenters. The molecule has 27 heavy (non-hydrogen) atoms. The van der Waals surface area contributed by atoms with Gasteiger partial charge in [0.05, 0.1) is 17.1 Å². The lowest BCUT2D eigenvalue weighted by atomic mass is 10.0. The van der Waals surface area contributed by atoms with Gasteiger partial charge in [-0.1, -0.05) is 17.5 Å². The molecule has 0 saturated heterocycles. The summed E-state index contributed by atoms with van der Waals surface area (Å²) >= 11 is 5.76. The minimum Gasteiger partial charge on any atom is -0.364 e. The molecule has 0 aliphatic heterocycles. The highest BCUT2D eigenvalue weighted by Crippen LogP contribution is 2.26. The van der Waals surface area contributed by atoms with Gasteiger partial charge in [0.15, 0.2) is 0 Å². The number of halogens is 2. The van der Waals surface area contributed by atoms with E-state index in [0.29, 0.717) is 11.3 Å². The summed E-state index contributed by atoms with van der Waals surface area (Å²) in [6.45, 7) is 2.91. The van der Waals surface area contributed by atoms with Crippen LogP contribution in [0.25, 0.3) is 0 Å². The van der Waals surface area contributed by atoms with Gasteiger partial charge in [-0.05, 0) is 37.6 Å². The summed E-state index contributed by atoms with van der Waals surface area (Å²) in [5, 5.41) is -0.210. The van der Waals surface area contributed by atoms with Crippen molar-refractivity contribution >= 4 is 34.9 Å². The summed E-state index contributed by atoms with van der Waals surface area (Å²) in [5.41, 5.74) is 6.47. The van der Waals surface area contributed by atoms with Gasteiger partial charge in [-0.2, -0.15) is 0 Å². The first-order valence-electron chi connectivity index (χ1n) is 7.82. The second-order valence-electron chi connectivity index (χ2n) is 5.88. The molecule has 2 N–H and O–H groups in total. The number of aromatic nitrogens is 1. The van der Waals surface area contributed by atoms with Crippen LogP contribution >= 0.6 is 11.6 Å². The standard InChI is InChI=1S/C19H17ClFN3O3/c1-5-8-24(12-6-7-14(21)13(20)9-12)19(27)17(25)15-10(2)16(18(22)26)23(4)11(15)3/h1,6-7,9H,8H2,2-4H3,(H2,22,26). The summed E-state index contributed by atoms with van der Waals surface area (Å²) in [5.74, 6) is -0.875. The van der Waals surface area contributed by atoms with Gasteiger partial charge >= 0.3 is 0 Å². The molecule has 0 fully saturated rings. The number of primary amides is 1. The minimum absolute atomic E-state index is 0.0755. The third kappa shape index (κ3) is 3.57. The highest BCUT2D eigenvalue weighted by Gasteiger charge is 2.31. The SMILES string of the molecule is C#CCN(C(=O)C(=O)c1c(C)c(C(N)=O)n(C)c1C)c1ccc(F)c(Cl)c1. The molecule has 140 valence electrons. The average Bonchev–Trinajstić information content (AvgIpc) is 2.83. The third-order valence-corrected chi connectivity index (χ3v) is 4.58. The molecule has 0 radical (unpaired) electrons. The fraction of sp³-hybridized carbons (Fsp3) is 0.211. The predicted octanol–water partition coefficient (Wildman–Crippen LogP) is 2.38. The number of nitrogens with zero attached hydrogens (tertiary/aromatic N) is 2. The maximum absolute atomic E-state index is 13.4. The van der Waals surface area contributed by atoms with Gasteiger partial charge in [0.1, 0.15) is 11.5 Å². The second kappa shape index (κ2) is 7.64. The van der Waals surface area contributed by atoms with Crippen LogP contribution in [0.1, 0.15) is 32.1 Å². The molecule has 0 aliphatic rings. The quantitative estimate of drug-likeness (QED) is 0.484. The van der Waals surface area contributed by atoms with Crippen LogP contribution in [-0.4, -0.2) is 28.7 Å². The van der Waals surface area contributed by atoms with Crippen LogP contribution in [0.5, 0.6) is 0 Å². The number of carbonyl (C=O) groups excluding carboxylic acids is 3. The molecule has 0 bridgehead atoms. The lowest BCUT2D eigenvalue weighted by Crippen LogP contribution is -2.37. The summed E-state index contributed by atoms with van der Waals surface area (Å²) in [7, 11) is 1.57. The normalized spacial score (nSPS) is 10.4. The molecule has 2 aromatic rings. The Morgan fingerprint density at radius 2 is 1.96 bits per heavy atom. The lowest BCUT2D eigenvalue weighted by Gasteiger charge is -2.20. The Morgan fingerprint density at radius 3 is 2.44 bits per heavy atom. The Labute approximate surface area is 160 Å². The number of rotatable bonds is 5. The van der Waals surface area contributed by atoms with Crippen LogP contribution < -0.4 is 10.6 Å². The van der Waals surface area contributed by atoms with Gasteiger partial charge in [-0.3, -0.25) is 19.3 Å². The van der Waals surface area contributed by atoms with Crippen molar-refractivity contribution in [3.8, 4) is 12.3 Å². The van der Waals surface area contributed by atoms with Crippen LogP contribution in [0.4, 0.5) is 10.1 Å². The number of terminal acetylenes is 1. The van der Waals surface area contributed by atoms with Crippen molar-refractivity contribution in [3.05, 3.63) is 51.6 Å². The molecule has 1 heterocycles. The number of ketones is 1. The Hall–Kier alpha value is -3.11. The van der Waals surface area contributed by atoms with Crippen molar-refractivity contribution in [1.82, 2.24) is 4.57 Å². The summed E-state index contributed by atoms with van der Waals surface area (Å²) in [6, 6.07) is 3.57. The van der Waals surface area contributed by atoms with Crippen LogP contribution in [0.2, 0.25) is 5.02 Å². The Morgan fingerprint density at radius 1 is 1.33 bits per heavy atom. The van der Waals surface area contributed by atoms with E-state index in [2.05, 4.69) is 5.92 Å². The number of nitrogens with two attached hydrogens (primary N) is 1. The smallest absolute Gasteiger partial charge is 0.300 e. The number of hydrogen-bond acceptors (Lipinski definition) is 3. The topological polar surface area (TPSA) is 85.4 Å². The zero-order valence-electron chi connectivity index (χ0n) is 15.0. The number of carbonyl (C=O) groups is 3. The first-order valence-corrected chi connectivity index (χ1v) is 8.20. The van der Waals surface area contributed by atoms with Crippen molar-refractivity contribution in [3.63, 3.8) is 0 Å². The fourth-order valence-corrected chi connectivity index (χ4v) is 3.09. The number of benzene rings is 1. The van der Waals surface area contributed by atoms with Crippen LogP contribution in [0.15, 0.2) is 18.2 Å². The van der Waals surface area contributed by atoms with Gasteiger partial charge in [0.25, 0.3) is 17.6 Å². The minimum atomic E-state index is -0.927.